The number of rotatable bonds is 9. The average Bonchev–Trinajstić information content (AvgIpc) is 2.26. The van der Waals surface area contributed by atoms with E-state index in [-0.39, 0.29) is 0 Å². The largest absolute Gasteiger partial charge is 0.0654 e. The standard InChI is InChI=1S/C17H36/c1-8-11-14-16(4,5)17(6,7)15(12-9-2)13-10-3/h15H,8-14H2,1-7H3. The Morgan fingerprint density at radius 2 is 1.24 bits per heavy atom. The minimum Gasteiger partial charge on any atom is -0.0654 e. The second-order valence-corrected chi connectivity index (χ2v) is 6.98. The van der Waals surface area contributed by atoms with Crippen molar-refractivity contribution < 1.29 is 0 Å². The van der Waals surface area contributed by atoms with E-state index in [4.69, 9.17) is 0 Å². The zero-order valence-corrected chi connectivity index (χ0v) is 13.5. The Morgan fingerprint density at radius 1 is 0.765 bits per heavy atom. The van der Waals surface area contributed by atoms with Crippen LogP contribution in [0, 0.1) is 16.7 Å². The van der Waals surface area contributed by atoms with Gasteiger partial charge in [0.25, 0.3) is 0 Å². The summed E-state index contributed by atoms with van der Waals surface area (Å²) < 4.78 is 0. The molecular formula is C17H36. The molecule has 0 fully saturated rings. The Kier molecular flexibility index (Phi) is 7.44. The fraction of sp³-hybridized carbons (Fsp3) is 1.00. The molecule has 104 valence electrons. The number of unbranched alkanes of at least 4 members (excludes halogenated alkanes) is 1. The second-order valence-electron chi connectivity index (χ2n) is 6.98. The van der Waals surface area contributed by atoms with Crippen LogP contribution >= 0.6 is 0 Å². The van der Waals surface area contributed by atoms with Crippen molar-refractivity contribution >= 4 is 0 Å². The van der Waals surface area contributed by atoms with Crippen molar-refractivity contribution in [3.05, 3.63) is 0 Å². The lowest BCUT2D eigenvalue weighted by Crippen LogP contribution is -2.39. The molecule has 0 heteroatoms. The molecule has 0 bridgehead atoms. The Balaban J connectivity index is 4.76. The predicted octanol–water partition coefficient (Wildman–Crippen LogP) is 6.45. The lowest BCUT2D eigenvalue weighted by atomic mass is 9.57. The van der Waals surface area contributed by atoms with E-state index in [1.807, 2.05) is 0 Å². The van der Waals surface area contributed by atoms with Crippen molar-refractivity contribution in [3.63, 3.8) is 0 Å². The molecule has 0 unspecified atom stereocenters. The van der Waals surface area contributed by atoms with Crippen LogP contribution in [0.3, 0.4) is 0 Å². The van der Waals surface area contributed by atoms with Gasteiger partial charge < -0.3 is 0 Å². The number of hydrogen-bond donors (Lipinski definition) is 0. The van der Waals surface area contributed by atoms with Crippen LogP contribution in [0.5, 0.6) is 0 Å². The summed E-state index contributed by atoms with van der Waals surface area (Å²) in [5.41, 5.74) is 0.937. The third-order valence-corrected chi connectivity index (χ3v) is 5.19. The Hall–Kier alpha value is 0. The van der Waals surface area contributed by atoms with Gasteiger partial charge in [0, 0.05) is 0 Å². The van der Waals surface area contributed by atoms with Crippen LogP contribution in [0.4, 0.5) is 0 Å². The summed E-state index contributed by atoms with van der Waals surface area (Å²) in [6.45, 7) is 17.0. The minimum absolute atomic E-state index is 0.466. The van der Waals surface area contributed by atoms with Crippen molar-refractivity contribution in [3.8, 4) is 0 Å². The topological polar surface area (TPSA) is 0 Å². The van der Waals surface area contributed by atoms with Crippen molar-refractivity contribution in [1.29, 1.82) is 0 Å². The van der Waals surface area contributed by atoms with Crippen LogP contribution in [0.15, 0.2) is 0 Å². The van der Waals surface area contributed by atoms with Crippen molar-refractivity contribution in [2.75, 3.05) is 0 Å². The van der Waals surface area contributed by atoms with E-state index >= 15 is 0 Å². The molecule has 0 amide bonds. The first-order valence-corrected chi connectivity index (χ1v) is 7.83. The molecule has 0 atom stereocenters. The normalized spacial score (nSPS) is 13.4. The summed E-state index contributed by atoms with van der Waals surface area (Å²) in [6.07, 6.45) is 9.54. The second kappa shape index (κ2) is 7.44. The highest BCUT2D eigenvalue weighted by Crippen LogP contribution is 2.50. The summed E-state index contributed by atoms with van der Waals surface area (Å²) in [5, 5.41) is 0. The lowest BCUT2D eigenvalue weighted by Gasteiger charge is -2.48. The van der Waals surface area contributed by atoms with Gasteiger partial charge in [-0.05, 0) is 23.2 Å². The van der Waals surface area contributed by atoms with Gasteiger partial charge in [0.1, 0.15) is 0 Å². The quantitative estimate of drug-likeness (QED) is 0.434. The van der Waals surface area contributed by atoms with Crippen LogP contribution in [0.25, 0.3) is 0 Å². The van der Waals surface area contributed by atoms with Crippen LogP contribution in [-0.4, -0.2) is 0 Å². The maximum atomic E-state index is 2.51. The van der Waals surface area contributed by atoms with E-state index in [0.717, 1.165) is 5.92 Å². The van der Waals surface area contributed by atoms with Crippen LogP contribution < -0.4 is 0 Å². The molecular weight excluding hydrogens is 204 g/mol. The molecule has 0 spiro atoms. The highest BCUT2D eigenvalue weighted by molar-refractivity contribution is 4.90. The summed E-state index contributed by atoms with van der Waals surface area (Å²) in [7, 11) is 0. The first-order chi connectivity index (χ1) is 7.83. The van der Waals surface area contributed by atoms with Gasteiger partial charge in [-0.15, -0.1) is 0 Å². The highest BCUT2D eigenvalue weighted by atomic mass is 14.5. The first-order valence-electron chi connectivity index (χ1n) is 7.83. The average molecular weight is 240 g/mol. The number of hydrogen-bond acceptors (Lipinski definition) is 0. The fourth-order valence-electron chi connectivity index (χ4n) is 3.06. The molecule has 0 aromatic carbocycles. The van der Waals surface area contributed by atoms with Gasteiger partial charge in [0.2, 0.25) is 0 Å². The summed E-state index contributed by atoms with van der Waals surface area (Å²) in [5.74, 6) is 0.893. The molecule has 0 aliphatic rings. The summed E-state index contributed by atoms with van der Waals surface area (Å²) in [4.78, 5) is 0. The van der Waals surface area contributed by atoms with E-state index in [1.54, 1.807) is 0 Å². The van der Waals surface area contributed by atoms with Crippen molar-refractivity contribution in [1.82, 2.24) is 0 Å². The molecule has 0 N–H and O–H groups in total. The molecule has 0 rings (SSSR count). The van der Waals surface area contributed by atoms with E-state index in [9.17, 15) is 0 Å². The van der Waals surface area contributed by atoms with E-state index < -0.39 is 0 Å². The lowest BCUT2D eigenvalue weighted by molar-refractivity contribution is 0.0197. The molecule has 0 heterocycles. The molecule has 0 aromatic rings. The molecule has 0 radical (unpaired) electrons. The summed E-state index contributed by atoms with van der Waals surface area (Å²) in [6, 6.07) is 0. The van der Waals surface area contributed by atoms with Crippen LogP contribution in [0.1, 0.15) is 93.4 Å². The van der Waals surface area contributed by atoms with Crippen LogP contribution in [0.2, 0.25) is 0 Å². The van der Waals surface area contributed by atoms with E-state index in [1.165, 1.54) is 44.9 Å². The molecule has 0 saturated carbocycles. The smallest absolute Gasteiger partial charge is 0.0275 e. The van der Waals surface area contributed by atoms with Gasteiger partial charge in [0.05, 0.1) is 0 Å². The van der Waals surface area contributed by atoms with Gasteiger partial charge in [-0.3, -0.25) is 0 Å². The minimum atomic E-state index is 0.466. The predicted molar refractivity (Wildman–Crippen MR) is 80.4 cm³/mol. The monoisotopic (exact) mass is 240 g/mol. The highest BCUT2D eigenvalue weighted by Gasteiger charge is 2.41. The van der Waals surface area contributed by atoms with E-state index in [2.05, 4.69) is 48.5 Å². The zero-order valence-electron chi connectivity index (χ0n) is 13.5. The molecule has 0 nitrogen and oxygen atoms in total. The Morgan fingerprint density at radius 3 is 1.59 bits per heavy atom. The fourth-order valence-corrected chi connectivity index (χ4v) is 3.06. The maximum absolute atomic E-state index is 2.51. The molecule has 0 aromatic heterocycles. The Labute approximate surface area is 111 Å². The molecule has 0 aliphatic heterocycles. The van der Waals surface area contributed by atoms with Crippen molar-refractivity contribution in [2.24, 2.45) is 16.7 Å². The third kappa shape index (κ3) is 4.64. The summed E-state index contributed by atoms with van der Waals surface area (Å²) >= 11 is 0. The van der Waals surface area contributed by atoms with Gasteiger partial charge in [-0.25, -0.2) is 0 Å². The first kappa shape index (κ1) is 17.0. The van der Waals surface area contributed by atoms with Crippen molar-refractivity contribution in [2.45, 2.75) is 93.4 Å². The molecule has 17 heavy (non-hydrogen) atoms. The molecule has 0 saturated heterocycles. The SMILES string of the molecule is CCCCC(C)(C)C(C)(C)C(CCC)CCC. The van der Waals surface area contributed by atoms with Gasteiger partial charge in [0.15, 0.2) is 0 Å². The maximum Gasteiger partial charge on any atom is -0.0275 e. The van der Waals surface area contributed by atoms with Crippen LogP contribution in [-0.2, 0) is 0 Å². The van der Waals surface area contributed by atoms with Gasteiger partial charge in [-0.1, -0.05) is 87.0 Å². The molecule has 0 aliphatic carbocycles. The van der Waals surface area contributed by atoms with Gasteiger partial charge in [-0.2, -0.15) is 0 Å². The third-order valence-electron chi connectivity index (χ3n) is 5.19. The zero-order chi connectivity index (χ0) is 13.5. The van der Waals surface area contributed by atoms with Gasteiger partial charge >= 0.3 is 0 Å². The Bertz CT molecular complexity index is 182. The van der Waals surface area contributed by atoms with E-state index in [0.29, 0.717) is 10.8 Å².